The summed E-state index contributed by atoms with van der Waals surface area (Å²) in [7, 11) is 0. The second kappa shape index (κ2) is 6.01. The van der Waals surface area contributed by atoms with Gasteiger partial charge in [0.1, 0.15) is 0 Å². The zero-order valence-electron chi connectivity index (χ0n) is 11.3. The number of nitrogens with one attached hydrogen (secondary N) is 1. The summed E-state index contributed by atoms with van der Waals surface area (Å²) in [5.41, 5.74) is 1.53. The molecule has 1 aliphatic rings. The average Bonchev–Trinajstić information content (AvgIpc) is 2.76. The molecule has 1 heterocycles. The molecule has 2 unspecified atom stereocenters. The Hall–Kier alpha value is -0.340. The third-order valence-electron chi connectivity index (χ3n) is 4.26. The molecule has 17 heavy (non-hydrogen) atoms. The molecule has 2 rings (SSSR count). The van der Waals surface area contributed by atoms with Crippen molar-refractivity contribution in [3.63, 3.8) is 0 Å². The molecular formula is C15H25NS. The minimum absolute atomic E-state index is 0.718. The SMILES string of the molecule is CCc1ccsc1CNC1C(C)CCCC1C. The minimum Gasteiger partial charge on any atom is -0.309 e. The van der Waals surface area contributed by atoms with Crippen molar-refractivity contribution in [1.29, 1.82) is 0 Å². The highest BCUT2D eigenvalue weighted by molar-refractivity contribution is 7.10. The summed E-state index contributed by atoms with van der Waals surface area (Å²) < 4.78 is 0. The van der Waals surface area contributed by atoms with Gasteiger partial charge in [-0.05, 0) is 48.1 Å². The van der Waals surface area contributed by atoms with E-state index in [0.717, 1.165) is 30.8 Å². The molecule has 0 saturated heterocycles. The first-order valence-corrected chi connectivity index (χ1v) is 7.89. The maximum atomic E-state index is 3.81. The van der Waals surface area contributed by atoms with Crippen molar-refractivity contribution in [2.24, 2.45) is 11.8 Å². The zero-order valence-corrected chi connectivity index (χ0v) is 12.1. The maximum absolute atomic E-state index is 3.81. The third kappa shape index (κ3) is 3.11. The van der Waals surface area contributed by atoms with Gasteiger partial charge in [-0.3, -0.25) is 0 Å². The quantitative estimate of drug-likeness (QED) is 0.844. The maximum Gasteiger partial charge on any atom is 0.0305 e. The van der Waals surface area contributed by atoms with Crippen molar-refractivity contribution in [2.45, 2.75) is 59.0 Å². The van der Waals surface area contributed by atoms with E-state index in [0.29, 0.717) is 0 Å². The second-order valence-electron chi connectivity index (χ2n) is 5.51. The Bertz CT molecular complexity index is 334. The van der Waals surface area contributed by atoms with E-state index in [-0.39, 0.29) is 0 Å². The summed E-state index contributed by atoms with van der Waals surface area (Å²) >= 11 is 1.90. The molecule has 0 spiro atoms. The van der Waals surface area contributed by atoms with Gasteiger partial charge < -0.3 is 5.32 Å². The molecule has 1 saturated carbocycles. The van der Waals surface area contributed by atoms with E-state index >= 15 is 0 Å². The van der Waals surface area contributed by atoms with Gasteiger partial charge in [-0.2, -0.15) is 0 Å². The van der Waals surface area contributed by atoms with E-state index in [9.17, 15) is 0 Å². The molecule has 2 atom stereocenters. The molecule has 1 N–H and O–H groups in total. The van der Waals surface area contributed by atoms with Crippen molar-refractivity contribution < 1.29 is 0 Å². The van der Waals surface area contributed by atoms with Crippen molar-refractivity contribution in [3.8, 4) is 0 Å². The van der Waals surface area contributed by atoms with Gasteiger partial charge >= 0.3 is 0 Å². The Balaban J connectivity index is 1.92. The normalized spacial score (nSPS) is 29.5. The first kappa shape index (κ1) is 13.1. The third-order valence-corrected chi connectivity index (χ3v) is 5.23. The lowest BCUT2D eigenvalue weighted by molar-refractivity contribution is 0.208. The van der Waals surface area contributed by atoms with Gasteiger partial charge in [0.15, 0.2) is 0 Å². The molecule has 1 fully saturated rings. The van der Waals surface area contributed by atoms with Crippen molar-refractivity contribution in [2.75, 3.05) is 0 Å². The first-order chi connectivity index (χ1) is 8.22. The Labute approximate surface area is 110 Å². The van der Waals surface area contributed by atoms with Crippen molar-refractivity contribution >= 4 is 11.3 Å². The van der Waals surface area contributed by atoms with E-state index in [1.165, 1.54) is 29.7 Å². The predicted octanol–water partition coefficient (Wildman–Crippen LogP) is 4.22. The van der Waals surface area contributed by atoms with E-state index in [4.69, 9.17) is 0 Å². The van der Waals surface area contributed by atoms with Gasteiger partial charge in [0, 0.05) is 17.5 Å². The highest BCUT2D eigenvalue weighted by Crippen LogP contribution is 2.29. The van der Waals surface area contributed by atoms with Crippen LogP contribution in [0.4, 0.5) is 0 Å². The van der Waals surface area contributed by atoms with E-state index < -0.39 is 0 Å². The molecule has 0 aromatic carbocycles. The summed E-state index contributed by atoms with van der Waals surface area (Å²) in [5, 5.41) is 6.03. The Morgan fingerprint density at radius 2 is 2.00 bits per heavy atom. The number of rotatable bonds is 4. The largest absolute Gasteiger partial charge is 0.309 e. The van der Waals surface area contributed by atoms with Crippen LogP contribution in [0.3, 0.4) is 0 Å². The monoisotopic (exact) mass is 251 g/mol. The van der Waals surface area contributed by atoms with Crippen LogP contribution in [0.1, 0.15) is 50.5 Å². The van der Waals surface area contributed by atoms with Gasteiger partial charge in [-0.15, -0.1) is 11.3 Å². The number of hydrogen-bond acceptors (Lipinski definition) is 2. The van der Waals surface area contributed by atoms with Gasteiger partial charge in [0.05, 0.1) is 0 Å². The average molecular weight is 251 g/mol. The van der Waals surface area contributed by atoms with E-state index in [1.807, 2.05) is 11.3 Å². The Morgan fingerprint density at radius 3 is 2.65 bits per heavy atom. The van der Waals surface area contributed by atoms with Crippen LogP contribution < -0.4 is 5.32 Å². The van der Waals surface area contributed by atoms with Gasteiger partial charge in [0.2, 0.25) is 0 Å². The minimum atomic E-state index is 0.718. The molecule has 1 aliphatic carbocycles. The molecule has 2 heteroatoms. The smallest absolute Gasteiger partial charge is 0.0305 e. The summed E-state index contributed by atoms with van der Waals surface area (Å²) in [6.07, 6.45) is 5.37. The van der Waals surface area contributed by atoms with E-state index in [1.54, 1.807) is 0 Å². The lowest BCUT2D eigenvalue weighted by Crippen LogP contribution is -2.42. The number of hydrogen-bond donors (Lipinski definition) is 1. The fraction of sp³-hybridized carbons (Fsp3) is 0.733. The molecule has 0 amide bonds. The number of thiophene rings is 1. The molecule has 0 radical (unpaired) electrons. The Morgan fingerprint density at radius 1 is 1.29 bits per heavy atom. The van der Waals surface area contributed by atoms with Gasteiger partial charge in [-0.1, -0.05) is 27.2 Å². The first-order valence-electron chi connectivity index (χ1n) is 7.01. The molecule has 0 bridgehead atoms. The number of aryl methyl sites for hydroxylation is 1. The van der Waals surface area contributed by atoms with Gasteiger partial charge in [-0.25, -0.2) is 0 Å². The lowest BCUT2D eigenvalue weighted by Gasteiger charge is -2.35. The van der Waals surface area contributed by atoms with Crippen LogP contribution in [0, 0.1) is 11.8 Å². The molecule has 1 nitrogen and oxygen atoms in total. The van der Waals surface area contributed by atoms with Crippen LogP contribution in [0.2, 0.25) is 0 Å². The summed E-state index contributed by atoms with van der Waals surface area (Å²) in [6, 6.07) is 2.99. The molecule has 0 aliphatic heterocycles. The highest BCUT2D eigenvalue weighted by Gasteiger charge is 2.27. The van der Waals surface area contributed by atoms with Crippen LogP contribution in [0.15, 0.2) is 11.4 Å². The van der Waals surface area contributed by atoms with Crippen molar-refractivity contribution in [1.82, 2.24) is 5.32 Å². The fourth-order valence-corrected chi connectivity index (χ4v) is 4.06. The molecular weight excluding hydrogens is 226 g/mol. The van der Waals surface area contributed by atoms with Crippen LogP contribution >= 0.6 is 11.3 Å². The molecule has 1 aromatic rings. The lowest BCUT2D eigenvalue weighted by atomic mass is 9.79. The molecule has 96 valence electrons. The predicted molar refractivity (Wildman–Crippen MR) is 76.5 cm³/mol. The van der Waals surface area contributed by atoms with Crippen molar-refractivity contribution in [3.05, 3.63) is 21.9 Å². The Kier molecular flexibility index (Phi) is 4.63. The highest BCUT2D eigenvalue weighted by atomic mass is 32.1. The van der Waals surface area contributed by atoms with Gasteiger partial charge in [0.25, 0.3) is 0 Å². The standard InChI is InChI=1S/C15H25NS/c1-4-13-8-9-17-14(13)10-16-15-11(2)6-5-7-12(15)3/h8-9,11-12,15-16H,4-7,10H2,1-3H3. The summed E-state index contributed by atoms with van der Waals surface area (Å²) in [5.74, 6) is 1.67. The van der Waals surface area contributed by atoms with Crippen LogP contribution in [-0.2, 0) is 13.0 Å². The fourth-order valence-electron chi connectivity index (χ4n) is 3.13. The molecule has 1 aromatic heterocycles. The summed E-state index contributed by atoms with van der Waals surface area (Å²) in [4.78, 5) is 1.54. The topological polar surface area (TPSA) is 12.0 Å². The zero-order chi connectivity index (χ0) is 12.3. The van der Waals surface area contributed by atoms with Crippen LogP contribution in [0.25, 0.3) is 0 Å². The van der Waals surface area contributed by atoms with E-state index in [2.05, 4.69) is 37.5 Å². The van der Waals surface area contributed by atoms with Crippen LogP contribution in [-0.4, -0.2) is 6.04 Å². The van der Waals surface area contributed by atoms with Crippen LogP contribution in [0.5, 0.6) is 0 Å². The second-order valence-corrected chi connectivity index (χ2v) is 6.52. The summed E-state index contributed by atoms with van der Waals surface area (Å²) in [6.45, 7) is 8.13.